The molecule has 2 atom stereocenters. The van der Waals surface area contributed by atoms with Crippen molar-refractivity contribution in [3.05, 3.63) is 94.0 Å². The topological polar surface area (TPSA) is 34.1 Å². The van der Waals surface area contributed by atoms with Crippen molar-refractivity contribution >= 4 is 17.3 Å². The molecular formula is C29H31ClN2O2. The number of halogens is 1. The van der Waals surface area contributed by atoms with Gasteiger partial charge in [-0.1, -0.05) is 67.6 Å². The molecule has 34 heavy (non-hydrogen) atoms. The van der Waals surface area contributed by atoms with Crippen molar-refractivity contribution in [2.75, 3.05) is 6.61 Å². The van der Waals surface area contributed by atoms with Gasteiger partial charge in [0.25, 0.3) is 0 Å². The molecular weight excluding hydrogens is 444 g/mol. The first-order valence-electron chi connectivity index (χ1n) is 12.2. The number of hydrogen-bond acceptors (Lipinski definition) is 4. The Bertz CT molecular complexity index is 1160. The lowest BCUT2D eigenvalue weighted by Crippen LogP contribution is -2.33. The average molecular weight is 475 g/mol. The second-order valence-corrected chi connectivity index (χ2v) is 9.58. The molecule has 0 bridgehead atoms. The summed E-state index contributed by atoms with van der Waals surface area (Å²) in [5.74, 6) is 1.76. The molecule has 0 amide bonds. The van der Waals surface area contributed by atoms with Crippen molar-refractivity contribution in [1.82, 2.24) is 5.01 Å². The zero-order valence-corrected chi connectivity index (χ0v) is 20.6. The standard InChI is InChI=1S/C29H31ClN2O2/c1-3-4-5-6-17-33-24-14-11-22(12-15-24)29-32-27(25-18-23(30)13-16-28(25)34-29)19-26(31-32)21-9-7-20(2)8-10-21/h7-16,18,27,29H,3-6,17,19H2,1-2H3/t27-,29+/m0/s1. The molecule has 0 N–H and O–H groups in total. The Hall–Kier alpha value is -2.98. The molecule has 2 aliphatic rings. The van der Waals surface area contributed by atoms with Gasteiger partial charge < -0.3 is 9.47 Å². The van der Waals surface area contributed by atoms with Crippen molar-refractivity contribution < 1.29 is 9.47 Å². The quantitative estimate of drug-likeness (QED) is 0.312. The van der Waals surface area contributed by atoms with Crippen molar-refractivity contribution in [2.45, 2.75) is 58.2 Å². The van der Waals surface area contributed by atoms with E-state index in [1.807, 2.05) is 30.3 Å². The zero-order valence-electron chi connectivity index (χ0n) is 19.8. The van der Waals surface area contributed by atoms with E-state index in [9.17, 15) is 0 Å². The first-order chi connectivity index (χ1) is 16.6. The second-order valence-electron chi connectivity index (χ2n) is 9.14. The van der Waals surface area contributed by atoms with E-state index in [1.54, 1.807) is 0 Å². The number of benzene rings is 3. The van der Waals surface area contributed by atoms with Crippen LogP contribution < -0.4 is 9.47 Å². The molecule has 176 valence electrons. The van der Waals surface area contributed by atoms with Gasteiger partial charge in [-0.25, -0.2) is 5.01 Å². The molecule has 0 aromatic heterocycles. The second kappa shape index (κ2) is 10.1. The van der Waals surface area contributed by atoms with Gasteiger partial charge in [-0.05, 0) is 61.4 Å². The van der Waals surface area contributed by atoms with Crippen LogP contribution in [0.5, 0.6) is 11.5 Å². The van der Waals surface area contributed by atoms with E-state index in [2.05, 4.69) is 55.3 Å². The number of ether oxygens (including phenoxy) is 2. The maximum Gasteiger partial charge on any atom is 0.213 e. The highest BCUT2D eigenvalue weighted by Crippen LogP contribution is 2.48. The minimum atomic E-state index is -0.305. The third kappa shape index (κ3) is 4.78. The van der Waals surface area contributed by atoms with E-state index in [0.717, 1.165) is 53.3 Å². The number of unbranched alkanes of at least 4 members (excludes halogenated alkanes) is 3. The molecule has 3 aromatic carbocycles. The summed E-state index contributed by atoms with van der Waals surface area (Å²) in [6.45, 7) is 5.08. The van der Waals surface area contributed by atoms with Crippen molar-refractivity contribution in [3.8, 4) is 11.5 Å². The maximum atomic E-state index is 6.47. The summed E-state index contributed by atoms with van der Waals surface area (Å²) in [4.78, 5) is 0. The summed E-state index contributed by atoms with van der Waals surface area (Å²) in [6.07, 6.45) is 5.31. The number of nitrogens with zero attached hydrogens (tertiary/aromatic N) is 2. The van der Waals surface area contributed by atoms with E-state index in [0.29, 0.717) is 5.02 Å². The smallest absolute Gasteiger partial charge is 0.213 e. The highest BCUT2D eigenvalue weighted by atomic mass is 35.5. The molecule has 0 fully saturated rings. The first kappa shape index (κ1) is 22.8. The number of aryl methyl sites for hydroxylation is 1. The summed E-state index contributed by atoms with van der Waals surface area (Å²) in [7, 11) is 0. The predicted octanol–water partition coefficient (Wildman–Crippen LogP) is 7.85. The van der Waals surface area contributed by atoms with Crippen LogP contribution >= 0.6 is 11.6 Å². The van der Waals surface area contributed by atoms with Crippen molar-refractivity contribution in [3.63, 3.8) is 0 Å². The molecule has 0 saturated carbocycles. The molecule has 5 rings (SSSR count). The fourth-order valence-corrected chi connectivity index (χ4v) is 4.83. The molecule has 0 radical (unpaired) electrons. The molecule has 2 aliphatic heterocycles. The lowest BCUT2D eigenvalue weighted by molar-refractivity contribution is -0.0190. The average Bonchev–Trinajstić information content (AvgIpc) is 3.30. The van der Waals surface area contributed by atoms with Gasteiger partial charge in [0.2, 0.25) is 6.23 Å². The number of rotatable bonds is 8. The van der Waals surface area contributed by atoms with Gasteiger partial charge >= 0.3 is 0 Å². The number of fused-ring (bicyclic) bond motifs is 3. The Balaban J connectivity index is 1.40. The van der Waals surface area contributed by atoms with Crippen LogP contribution in [0, 0.1) is 6.92 Å². The SMILES string of the molecule is CCCCCCOc1ccc([C@H]2Oc3ccc(Cl)cc3[C@@H]3CC(c4ccc(C)cc4)=NN23)cc1. The molecule has 4 nitrogen and oxygen atoms in total. The number of hydrogen-bond donors (Lipinski definition) is 0. The lowest BCUT2D eigenvalue weighted by Gasteiger charge is -2.38. The van der Waals surface area contributed by atoms with Crippen LogP contribution in [0.4, 0.5) is 0 Å². The third-order valence-corrected chi connectivity index (χ3v) is 6.80. The predicted molar refractivity (Wildman–Crippen MR) is 138 cm³/mol. The molecule has 0 spiro atoms. The van der Waals surface area contributed by atoms with Gasteiger partial charge in [0.15, 0.2) is 0 Å². The van der Waals surface area contributed by atoms with Crippen LogP contribution in [0.15, 0.2) is 71.8 Å². The van der Waals surface area contributed by atoms with Gasteiger partial charge in [-0.2, -0.15) is 5.10 Å². The first-order valence-corrected chi connectivity index (χ1v) is 12.6. The van der Waals surface area contributed by atoms with Gasteiger partial charge in [-0.15, -0.1) is 0 Å². The van der Waals surface area contributed by atoms with E-state index >= 15 is 0 Å². The molecule has 0 saturated heterocycles. The third-order valence-electron chi connectivity index (χ3n) is 6.57. The summed E-state index contributed by atoms with van der Waals surface area (Å²) < 4.78 is 12.4. The van der Waals surface area contributed by atoms with E-state index in [1.165, 1.54) is 24.8 Å². The van der Waals surface area contributed by atoms with Crippen LogP contribution in [0.3, 0.4) is 0 Å². The van der Waals surface area contributed by atoms with Gasteiger partial charge in [0, 0.05) is 22.6 Å². The van der Waals surface area contributed by atoms with Crippen molar-refractivity contribution in [2.24, 2.45) is 5.10 Å². The maximum absolute atomic E-state index is 6.47. The van der Waals surface area contributed by atoms with Gasteiger partial charge in [0.05, 0.1) is 18.4 Å². The Labute approximate surface area is 207 Å². The largest absolute Gasteiger partial charge is 0.494 e. The number of hydrazone groups is 1. The van der Waals surface area contributed by atoms with Crippen LogP contribution in [0.1, 0.15) is 73.6 Å². The molecule has 0 unspecified atom stereocenters. The molecule has 0 aliphatic carbocycles. The molecule has 2 heterocycles. The van der Waals surface area contributed by atoms with Crippen molar-refractivity contribution in [1.29, 1.82) is 0 Å². The normalized spacial score (nSPS) is 18.7. The Morgan fingerprint density at radius 1 is 1.00 bits per heavy atom. The summed E-state index contributed by atoms with van der Waals surface area (Å²) in [5, 5.41) is 7.85. The summed E-state index contributed by atoms with van der Waals surface area (Å²) >= 11 is 6.35. The van der Waals surface area contributed by atoms with E-state index in [-0.39, 0.29) is 12.3 Å². The minimum absolute atomic E-state index is 0.0817. The fraction of sp³-hybridized carbons (Fsp3) is 0.345. The van der Waals surface area contributed by atoms with Crippen LogP contribution in [0.2, 0.25) is 5.02 Å². The monoisotopic (exact) mass is 474 g/mol. The van der Waals surface area contributed by atoms with Gasteiger partial charge in [-0.3, -0.25) is 0 Å². The van der Waals surface area contributed by atoms with Crippen LogP contribution in [-0.2, 0) is 0 Å². The molecule has 5 heteroatoms. The van der Waals surface area contributed by atoms with Gasteiger partial charge in [0.1, 0.15) is 11.5 Å². The Kier molecular flexibility index (Phi) is 6.77. The molecule has 3 aromatic rings. The minimum Gasteiger partial charge on any atom is -0.494 e. The Morgan fingerprint density at radius 3 is 2.56 bits per heavy atom. The fourth-order valence-electron chi connectivity index (χ4n) is 4.65. The Morgan fingerprint density at radius 2 is 1.79 bits per heavy atom. The van der Waals surface area contributed by atoms with E-state index in [4.69, 9.17) is 26.2 Å². The van der Waals surface area contributed by atoms with Crippen LogP contribution in [0.25, 0.3) is 0 Å². The summed E-state index contributed by atoms with van der Waals surface area (Å²) in [6, 6.07) is 22.8. The highest BCUT2D eigenvalue weighted by molar-refractivity contribution is 6.30. The lowest BCUT2D eigenvalue weighted by atomic mass is 9.95. The summed E-state index contributed by atoms with van der Waals surface area (Å²) in [5.41, 5.74) is 5.60. The van der Waals surface area contributed by atoms with Crippen LogP contribution in [-0.4, -0.2) is 17.3 Å². The van der Waals surface area contributed by atoms with E-state index < -0.39 is 0 Å². The zero-order chi connectivity index (χ0) is 23.5. The highest BCUT2D eigenvalue weighted by Gasteiger charge is 2.41.